The number of hydrogen-bond acceptors (Lipinski definition) is 5. The number of hydrogen-bond donors (Lipinski definition) is 1. The van der Waals surface area contributed by atoms with Gasteiger partial charge >= 0.3 is 6.03 Å². The van der Waals surface area contributed by atoms with Gasteiger partial charge in [-0.25, -0.2) is 4.79 Å². The first-order valence-electron chi connectivity index (χ1n) is 10.7. The number of benzene rings is 2. The number of fused-ring (bicyclic) bond motifs is 1. The second kappa shape index (κ2) is 9.30. The van der Waals surface area contributed by atoms with Gasteiger partial charge in [0.25, 0.3) is 5.91 Å². The lowest BCUT2D eigenvalue weighted by atomic mass is 9.99. The van der Waals surface area contributed by atoms with Crippen LogP contribution in [0.2, 0.25) is 0 Å². The van der Waals surface area contributed by atoms with Gasteiger partial charge in [-0.2, -0.15) is 0 Å². The van der Waals surface area contributed by atoms with Crippen molar-refractivity contribution in [3.63, 3.8) is 0 Å². The molecule has 2 aromatic rings. The monoisotopic (exact) mass is 437 g/mol. The fourth-order valence-corrected chi connectivity index (χ4v) is 4.22. The van der Waals surface area contributed by atoms with E-state index < -0.39 is 12.1 Å². The number of carbonyl (C=O) groups is 3. The summed E-state index contributed by atoms with van der Waals surface area (Å²) in [4.78, 5) is 40.9. The molecule has 2 aliphatic rings. The van der Waals surface area contributed by atoms with E-state index in [0.29, 0.717) is 24.6 Å². The molecule has 0 aliphatic carbocycles. The smallest absolute Gasteiger partial charge is 0.325 e. The third kappa shape index (κ3) is 4.39. The van der Waals surface area contributed by atoms with Crippen LogP contribution in [0, 0.1) is 0 Å². The van der Waals surface area contributed by atoms with Crippen LogP contribution in [0.5, 0.6) is 11.5 Å². The van der Waals surface area contributed by atoms with Gasteiger partial charge in [0, 0.05) is 19.5 Å². The highest BCUT2D eigenvalue weighted by atomic mass is 16.5. The lowest BCUT2D eigenvalue weighted by Crippen LogP contribution is -2.37. The first kappa shape index (κ1) is 21.7. The van der Waals surface area contributed by atoms with Crippen molar-refractivity contribution in [2.45, 2.75) is 38.4 Å². The molecule has 168 valence electrons. The second-order valence-electron chi connectivity index (χ2n) is 7.99. The number of nitrogens with one attached hydrogen (secondary N) is 1. The predicted molar refractivity (Wildman–Crippen MR) is 117 cm³/mol. The number of methoxy groups -OCH3 is 2. The average molecular weight is 437 g/mol. The molecule has 0 spiro atoms. The van der Waals surface area contributed by atoms with Gasteiger partial charge < -0.3 is 19.7 Å². The number of ether oxygens (including phenoxy) is 2. The molecule has 8 nitrogen and oxygen atoms in total. The lowest BCUT2D eigenvalue weighted by Gasteiger charge is -2.29. The number of carbonyl (C=O) groups excluding carboxylic acids is 3. The van der Waals surface area contributed by atoms with Gasteiger partial charge in [-0.15, -0.1) is 0 Å². The van der Waals surface area contributed by atoms with Crippen molar-refractivity contribution in [1.29, 1.82) is 0 Å². The maximum atomic E-state index is 12.8. The number of rotatable bonds is 7. The molecule has 1 atom stereocenters. The predicted octanol–water partition coefficient (Wildman–Crippen LogP) is 2.49. The van der Waals surface area contributed by atoms with Gasteiger partial charge in [-0.3, -0.25) is 14.5 Å². The Morgan fingerprint density at radius 2 is 1.81 bits per heavy atom. The van der Waals surface area contributed by atoms with E-state index in [0.717, 1.165) is 12.0 Å². The summed E-state index contributed by atoms with van der Waals surface area (Å²) >= 11 is 0. The number of amides is 4. The minimum atomic E-state index is -0.691. The third-order valence-electron chi connectivity index (χ3n) is 6.03. The molecule has 4 rings (SSSR count). The van der Waals surface area contributed by atoms with E-state index in [-0.39, 0.29) is 31.2 Å². The summed E-state index contributed by atoms with van der Waals surface area (Å²) in [6.45, 7) is 1.38. The fourth-order valence-electron chi connectivity index (χ4n) is 4.22. The molecule has 1 N–H and O–H groups in total. The van der Waals surface area contributed by atoms with Crippen LogP contribution in [0.25, 0.3) is 0 Å². The SMILES string of the molecule is COc1ccc(CN2C(=O)N[C@H](CCC(=O)N3CCc4ccccc4C3)C2=O)cc1OC. The molecule has 2 aromatic carbocycles. The van der Waals surface area contributed by atoms with Crippen LogP contribution >= 0.6 is 0 Å². The number of imide groups is 1. The molecule has 2 heterocycles. The second-order valence-corrected chi connectivity index (χ2v) is 7.99. The van der Waals surface area contributed by atoms with Crippen LogP contribution in [0.15, 0.2) is 42.5 Å². The summed E-state index contributed by atoms with van der Waals surface area (Å²) in [5.74, 6) is 0.786. The van der Waals surface area contributed by atoms with Crippen LogP contribution in [0.4, 0.5) is 4.79 Å². The highest BCUT2D eigenvalue weighted by Gasteiger charge is 2.38. The van der Waals surface area contributed by atoms with Gasteiger partial charge in [0.1, 0.15) is 6.04 Å². The van der Waals surface area contributed by atoms with Crippen LogP contribution in [-0.4, -0.2) is 54.5 Å². The maximum absolute atomic E-state index is 12.8. The highest BCUT2D eigenvalue weighted by Crippen LogP contribution is 2.28. The van der Waals surface area contributed by atoms with Crippen LogP contribution in [0.3, 0.4) is 0 Å². The molecule has 0 saturated carbocycles. The molecule has 2 aliphatic heterocycles. The standard InChI is InChI=1S/C24H27N3O5/c1-31-20-9-7-16(13-21(20)32-2)14-27-23(29)19(25-24(27)30)8-10-22(28)26-12-11-17-5-3-4-6-18(17)15-26/h3-7,9,13,19H,8,10-12,14-15H2,1-2H3,(H,25,30)/t19-/m1/s1. The van der Waals surface area contributed by atoms with Gasteiger partial charge in [-0.05, 0) is 41.7 Å². The Labute approximate surface area is 187 Å². The molecule has 32 heavy (non-hydrogen) atoms. The summed E-state index contributed by atoms with van der Waals surface area (Å²) in [6.07, 6.45) is 1.33. The molecule has 0 radical (unpaired) electrons. The van der Waals surface area contributed by atoms with Crippen molar-refractivity contribution in [1.82, 2.24) is 15.1 Å². The molecule has 1 fully saturated rings. The minimum Gasteiger partial charge on any atom is -0.493 e. The minimum absolute atomic E-state index is 0.0000993. The van der Waals surface area contributed by atoms with E-state index in [1.807, 2.05) is 23.1 Å². The van der Waals surface area contributed by atoms with Crippen molar-refractivity contribution in [3.05, 3.63) is 59.2 Å². The zero-order valence-corrected chi connectivity index (χ0v) is 18.3. The molecular formula is C24H27N3O5. The molecule has 1 saturated heterocycles. The molecule has 0 aromatic heterocycles. The Bertz CT molecular complexity index is 1040. The first-order valence-corrected chi connectivity index (χ1v) is 10.7. The van der Waals surface area contributed by atoms with Gasteiger partial charge in [0.2, 0.25) is 5.91 Å². The van der Waals surface area contributed by atoms with Crippen molar-refractivity contribution in [2.24, 2.45) is 0 Å². The Morgan fingerprint density at radius 3 is 2.56 bits per heavy atom. The van der Waals surface area contributed by atoms with Crippen LogP contribution < -0.4 is 14.8 Å². The maximum Gasteiger partial charge on any atom is 0.325 e. The molecule has 8 heteroatoms. The number of urea groups is 1. The van der Waals surface area contributed by atoms with Crippen molar-refractivity contribution in [3.8, 4) is 11.5 Å². The third-order valence-corrected chi connectivity index (χ3v) is 6.03. The summed E-state index contributed by atoms with van der Waals surface area (Å²) in [5, 5.41) is 2.71. The Morgan fingerprint density at radius 1 is 1.06 bits per heavy atom. The molecule has 0 bridgehead atoms. The average Bonchev–Trinajstić information content (AvgIpc) is 3.09. The van der Waals surface area contributed by atoms with Gasteiger partial charge in [-0.1, -0.05) is 30.3 Å². The van der Waals surface area contributed by atoms with Crippen molar-refractivity contribution in [2.75, 3.05) is 20.8 Å². The summed E-state index contributed by atoms with van der Waals surface area (Å²) in [5.41, 5.74) is 3.19. The van der Waals surface area contributed by atoms with E-state index in [2.05, 4.69) is 11.4 Å². The number of nitrogens with zero attached hydrogens (tertiary/aromatic N) is 2. The zero-order valence-electron chi connectivity index (χ0n) is 18.3. The van der Waals surface area contributed by atoms with Gasteiger partial charge in [0.05, 0.1) is 20.8 Å². The van der Waals surface area contributed by atoms with E-state index >= 15 is 0 Å². The van der Waals surface area contributed by atoms with Crippen LogP contribution in [-0.2, 0) is 29.1 Å². The van der Waals surface area contributed by atoms with Crippen LogP contribution in [0.1, 0.15) is 29.5 Å². The van der Waals surface area contributed by atoms with E-state index in [1.165, 1.54) is 23.1 Å². The fraction of sp³-hybridized carbons (Fsp3) is 0.375. The van der Waals surface area contributed by atoms with E-state index in [1.54, 1.807) is 25.3 Å². The topological polar surface area (TPSA) is 88.2 Å². The van der Waals surface area contributed by atoms with Crippen molar-refractivity contribution >= 4 is 17.8 Å². The molecule has 0 unspecified atom stereocenters. The normalized spacial score (nSPS) is 17.8. The van der Waals surface area contributed by atoms with Crippen molar-refractivity contribution < 1.29 is 23.9 Å². The Balaban J connectivity index is 1.34. The first-order chi connectivity index (χ1) is 15.5. The zero-order chi connectivity index (χ0) is 22.7. The summed E-state index contributed by atoms with van der Waals surface area (Å²) in [6, 6.07) is 12.2. The molecule has 4 amide bonds. The summed E-state index contributed by atoms with van der Waals surface area (Å²) in [7, 11) is 3.08. The molecular weight excluding hydrogens is 410 g/mol. The summed E-state index contributed by atoms with van der Waals surface area (Å²) < 4.78 is 10.5. The van der Waals surface area contributed by atoms with E-state index in [9.17, 15) is 14.4 Å². The van der Waals surface area contributed by atoms with Gasteiger partial charge in [0.15, 0.2) is 11.5 Å². The highest BCUT2D eigenvalue weighted by molar-refractivity contribution is 6.04. The Hall–Kier alpha value is -3.55. The quantitative estimate of drug-likeness (QED) is 0.673. The largest absolute Gasteiger partial charge is 0.493 e. The Kier molecular flexibility index (Phi) is 6.30. The lowest BCUT2D eigenvalue weighted by molar-refractivity contribution is -0.132. The van der Waals surface area contributed by atoms with E-state index in [4.69, 9.17) is 9.47 Å².